The van der Waals surface area contributed by atoms with E-state index >= 15 is 0 Å². The third-order valence-corrected chi connectivity index (χ3v) is 5.71. The normalized spacial score (nSPS) is 10.7. The highest BCUT2D eigenvalue weighted by Gasteiger charge is 2.20. The van der Waals surface area contributed by atoms with E-state index in [-0.39, 0.29) is 5.91 Å². The number of benzene rings is 3. The van der Waals surface area contributed by atoms with E-state index < -0.39 is 0 Å². The molecule has 2 heterocycles. The standard InChI is InChI=1S/C27H24N6O3/c1-35-24-13-10-20(14-25(24)36-2)26-23(16-32(31-26)21-6-4-3-5-7-21)27(34)29-15-19-8-11-22(12-9-19)33-18-28-17-30-33/h3-14,16-18H,15H2,1-2H3,(H,29,34). The molecule has 2 aromatic heterocycles. The van der Waals surface area contributed by atoms with Crippen molar-refractivity contribution in [2.24, 2.45) is 0 Å². The second kappa shape index (κ2) is 10.1. The first-order valence-corrected chi connectivity index (χ1v) is 11.3. The third-order valence-electron chi connectivity index (χ3n) is 5.71. The summed E-state index contributed by atoms with van der Waals surface area (Å²) in [6.07, 6.45) is 4.86. The highest BCUT2D eigenvalue weighted by atomic mass is 16.5. The molecule has 0 aliphatic heterocycles. The minimum atomic E-state index is -0.234. The number of ether oxygens (including phenoxy) is 2. The van der Waals surface area contributed by atoms with E-state index in [1.54, 1.807) is 42.2 Å². The molecule has 3 aromatic carbocycles. The lowest BCUT2D eigenvalue weighted by atomic mass is 10.1. The van der Waals surface area contributed by atoms with Gasteiger partial charge in [-0.15, -0.1) is 0 Å². The zero-order valence-electron chi connectivity index (χ0n) is 19.8. The monoisotopic (exact) mass is 480 g/mol. The number of carbonyl (C=O) groups is 1. The van der Waals surface area contributed by atoms with Crippen LogP contribution < -0.4 is 14.8 Å². The van der Waals surface area contributed by atoms with Crippen LogP contribution in [0.2, 0.25) is 0 Å². The number of carbonyl (C=O) groups excluding carboxylic acids is 1. The van der Waals surface area contributed by atoms with Gasteiger partial charge in [-0.25, -0.2) is 14.3 Å². The largest absolute Gasteiger partial charge is 0.493 e. The number of methoxy groups -OCH3 is 2. The van der Waals surface area contributed by atoms with Crippen molar-refractivity contribution in [3.8, 4) is 34.1 Å². The van der Waals surface area contributed by atoms with Crippen LogP contribution >= 0.6 is 0 Å². The van der Waals surface area contributed by atoms with Gasteiger partial charge < -0.3 is 14.8 Å². The first-order valence-electron chi connectivity index (χ1n) is 11.3. The lowest BCUT2D eigenvalue weighted by Gasteiger charge is -2.10. The van der Waals surface area contributed by atoms with Gasteiger partial charge in [-0.3, -0.25) is 4.79 Å². The molecule has 36 heavy (non-hydrogen) atoms. The summed E-state index contributed by atoms with van der Waals surface area (Å²) in [5.74, 6) is 0.925. The number of amides is 1. The van der Waals surface area contributed by atoms with E-state index in [4.69, 9.17) is 14.6 Å². The van der Waals surface area contributed by atoms with Crippen molar-refractivity contribution in [2.45, 2.75) is 6.54 Å². The van der Waals surface area contributed by atoms with E-state index in [2.05, 4.69) is 15.4 Å². The molecule has 180 valence electrons. The number of hydrogen-bond donors (Lipinski definition) is 1. The van der Waals surface area contributed by atoms with E-state index in [0.29, 0.717) is 29.3 Å². The first-order chi connectivity index (χ1) is 17.7. The summed E-state index contributed by atoms with van der Waals surface area (Å²) in [5.41, 5.74) is 4.42. The molecule has 0 aliphatic carbocycles. The molecule has 9 nitrogen and oxygen atoms in total. The molecule has 0 spiro atoms. The molecule has 0 radical (unpaired) electrons. The van der Waals surface area contributed by atoms with E-state index in [9.17, 15) is 4.79 Å². The fourth-order valence-electron chi connectivity index (χ4n) is 3.84. The van der Waals surface area contributed by atoms with Crippen molar-refractivity contribution in [1.29, 1.82) is 0 Å². The number of rotatable bonds is 8. The maximum atomic E-state index is 13.3. The molecule has 0 fully saturated rings. The number of hydrogen-bond acceptors (Lipinski definition) is 6. The van der Waals surface area contributed by atoms with Gasteiger partial charge in [0, 0.05) is 18.3 Å². The quantitative estimate of drug-likeness (QED) is 0.360. The minimum absolute atomic E-state index is 0.234. The lowest BCUT2D eigenvalue weighted by molar-refractivity contribution is 0.0951. The van der Waals surface area contributed by atoms with Crippen molar-refractivity contribution in [3.63, 3.8) is 0 Å². The number of nitrogens with one attached hydrogen (secondary N) is 1. The summed E-state index contributed by atoms with van der Waals surface area (Å²) in [6, 6.07) is 22.9. The third kappa shape index (κ3) is 4.67. The number of nitrogens with zero attached hydrogens (tertiary/aromatic N) is 5. The topological polar surface area (TPSA) is 96.1 Å². The maximum Gasteiger partial charge on any atom is 0.255 e. The van der Waals surface area contributed by atoms with E-state index in [0.717, 1.165) is 22.5 Å². The lowest BCUT2D eigenvalue weighted by Crippen LogP contribution is -2.23. The zero-order chi connectivity index (χ0) is 24.9. The van der Waals surface area contributed by atoms with Crippen LogP contribution in [0, 0.1) is 0 Å². The van der Waals surface area contributed by atoms with Gasteiger partial charge in [0.2, 0.25) is 0 Å². The second-order valence-electron chi connectivity index (χ2n) is 7.93. The number of aromatic nitrogens is 5. The Morgan fingerprint density at radius 1 is 0.889 bits per heavy atom. The fourth-order valence-corrected chi connectivity index (χ4v) is 3.84. The van der Waals surface area contributed by atoms with Gasteiger partial charge in [-0.05, 0) is 48.0 Å². The Hall–Kier alpha value is -4.92. The molecular weight excluding hydrogens is 456 g/mol. The Bertz CT molecular complexity index is 1460. The molecule has 0 aliphatic rings. The van der Waals surface area contributed by atoms with Crippen LogP contribution in [-0.2, 0) is 6.54 Å². The molecule has 0 atom stereocenters. The average molecular weight is 481 g/mol. The molecule has 0 unspecified atom stereocenters. The molecule has 1 amide bonds. The zero-order valence-corrected chi connectivity index (χ0v) is 19.8. The fraction of sp³-hybridized carbons (Fsp3) is 0.111. The van der Waals surface area contributed by atoms with Crippen LogP contribution in [0.25, 0.3) is 22.6 Å². The van der Waals surface area contributed by atoms with Crippen molar-refractivity contribution < 1.29 is 14.3 Å². The molecule has 0 saturated carbocycles. The van der Waals surface area contributed by atoms with Crippen LogP contribution in [-0.4, -0.2) is 44.7 Å². The summed E-state index contributed by atoms with van der Waals surface area (Å²) in [5, 5.41) is 11.9. The smallest absolute Gasteiger partial charge is 0.255 e. The van der Waals surface area contributed by atoms with Crippen molar-refractivity contribution in [3.05, 3.63) is 103 Å². The van der Waals surface area contributed by atoms with Gasteiger partial charge in [0.05, 0.1) is 31.2 Å². The van der Waals surface area contributed by atoms with Gasteiger partial charge in [-0.2, -0.15) is 10.2 Å². The molecule has 1 N–H and O–H groups in total. The van der Waals surface area contributed by atoms with Gasteiger partial charge >= 0.3 is 0 Å². The maximum absolute atomic E-state index is 13.3. The summed E-state index contributed by atoms with van der Waals surface area (Å²) < 4.78 is 14.2. The predicted octanol–water partition coefficient (Wildman–Crippen LogP) is 4.07. The molecule has 5 aromatic rings. The van der Waals surface area contributed by atoms with Crippen LogP contribution in [0.1, 0.15) is 15.9 Å². The van der Waals surface area contributed by atoms with Crippen LogP contribution in [0.5, 0.6) is 11.5 Å². The summed E-state index contributed by atoms with van der Waals surface area (Å²) in [4.78, 5) is 17.3. The molecule has 5 rings (SSSR count). The van der Waals surface area contributed by atoms with Crippen molar-refractivity contribution in [2.75, 3.05) is 14.2 Å². The Morgan fingerprint density at radius 3 is 2.33 bits per heavy atom. The Kier molecular flexibility index (Phi) is 6.44. The molecule has 0 bridgehead atoms. The van der Waals surface area contributed by atoms with E-state index in [1.165, 1.54) is 6.33 Å². The SMILES string of the molecule is COc1ccc(-c2nn(-c3ccccc3)cc2C(=O)NCc2ccc(-n3cncn3)cc2)cc1OC. The Balaban J connectivity index is 1.43. The summed E-state index contributed by atoms with van der Waals surface area (Å²) in [7, 11) is 3.16. The molecule has 0 saturated heterocycles. The van der Waals surface area contributed by atoms with Crippen molar-refractivity contribution in [1.82, 2.24) is 29.9 Å². The second-order valence-corrected chi connectivity index (χ2v) is 7.93. The highest BCUT2D eigenvalue weighted by molar-refractivity contribution is 6.00. The highest BCUT2D eigenvalue weighted by Crippen LogP contribution is 2.33. The number of para-hydroxylation sites is 1. The van der Waals surface area contributed by atoms with Crippen LogP contribution in [0.3, 0.4) is 0 Å². The van der Waals surface area contributed by atoms with Gasteiger partial charge in [-0.1, -0.05) is 30.3 Å². The van der Waals surface area contributed by atoms with Crippen LogP contribution in [0.4, 0.5) is 0 Å². The Labute approximate surface area is 207 Å². The first kappa shape index (κ1) is 22.9. The predicted molar refractivity (Wildman–Crippen MR) is 135 cm³/mol. The Morgan fingerprint density at radius 2 is 1.64 bits per heavy atom. The van der Waals surface area contributed by atoms with Crippen molar-refractivity contribution >= 4 is 5.91 Å². The molecule has 9 heteroatoms. The summed E-state index contributed by atoms with van der Waals surface area (Å²) in [6.45, 7) is 0.359. The molecular formula is C27H24N6O3. The van der Waals surface area contributed by atoms with Gasteiger partial charge in [0.1, 0.15) is 18.3 Å². The summed E-state index contributed by atoms with van der Waals surface area (Å²) >= 11 is 0. The van der Waals surface area contributed by atoms with E-state index in [1.807, 2.05) is 66.7 Å². The minimum Gasteiger partial charge on any atom is -0.493 e. The van der Waals surface area contributed by atoms with Gasteiger partial charge in [0.25, 0.3) is 5.91 Å². The average Bonchev–Trinajstić information content (AvgIpc) is 3.63. The van der Waals surface area contributed by atoms with Crippen LogP contribution in [0.15, 0.2) is 91.6 Å². The van der Waals surface area contributed by atoms with Gasteiger partial charge in [0.15, 0.2) is 11.5 Å².